The first-order valence-electron chi connectivity index (χ1n) is 22.4. The molecule has 3 unspecified atom stereocenters. The topological polar surface area (TPSA) is 95.9 Å². The Balaban J connectivity index is 4.67. The summed E-state index contributed by atoms with van der Waals surface area (Å²) < 4.78 is 5.87. The van der Waals surface area contributed by atoms with Crippen molar-refractivity contribution in [1.82, 2.24) is 5.32 Å². The van der Waals surface area contributed by atoms with Crippen LogP contribution in [0.3, 0.4) is 0 Å². The van der Waals surface area contributed by atoms with E-state index in [0.717, 1.165) is 83.5 Å². The zero-order valence-corrected chi connectivity index (χ0v) is 34.9. The molecule has 0 fully saturated rings. The van der Waals surface area contributed by atoms with Crippen LogP contribution in [-0.4, -0.2) is 46.9 Å². The molecule has 0 aromatic heterocycles. The second-order valence-corrected chi connectivity index (χ2v) is 15.1. The van der Waals surface area contributed by atoms with Crippen LogP contribution in [0.4, 0.5) is 0 Å². The van der Waals surface area contributed by atoms with Crippen LogP contribution in [0.1, 0.15) is 213 Å². The van der Waals surface area contributed by atoms with Crippen LogP contribution in [-0.2, 0) is 14.3 Å². The van der Waals surface area contributed by atoms with Crippen molar-refractivity contribution >= 4 is 11.9 Å². The first-order chi connectivity index (χ1) is 26.0. The van der Waals surface area contributed by atoms with Crippen LogP contribution >= 0.6 is 0 Å². The number of esters is 1. The van der Waals surface area contributed by atoms with Crippen molar-refractivity contribution < 1.29 is 24.5 Å². The van der Waals surface area contributed by atoms with Crippen LogP contribution in [0, 0.1) is 0 Å². The number of aliphatic hydroxyl groups excluding tert-OH is 2. The molecule has 0 spiro atoms. The van der Waals surface area contributed by atoms with Gasteiger partial charge in [0.25, 0.3) is 0 Å². The minimum absolute atomic E-state index is 0.0480. The number of aliphatic hydroxyl groups is 2. The van der Waals surface area contributed by atoms with Crippen molar-refractivity contribution in [1.29, 1.82) is 0 Å². The summed E-state index contributed by atoms with van der Waals surface area (Å²) in [7, 11) is 0. The smallest absolute Gasteiger partial charge is 0.306 e. The third kappa shape index (κ3) is 36.6. The summed E-state index contributed by atoms with van der Waals surface area (Å²) in [5.74, 6) is -0.530. The predicted molar refractivity (Wildman–Crippen MR) is 227 cm³/mol. The third-order valence-electron chi connectivity index (χ3n) is 9.95. The average Bonchev–Trinajstić information content (AvgIpc) is 3.15. The van der Waals surface area contributed by atoms with E-state index in [1.165, 1.54) is 83.5 Å². The van der Waals surface area contributed by atoms with Crippen LogP contribution < -0.4 is 5.32 Å². The Labute approximate surface area is 327 Å². The lowest BCUT2D eigenvalue weighted by Crippen LogP contribution is -2.46. The largest absolute Gasteiger partial charge is 0.462 e. The van der Waals surface area contributed by atoms with E-state index in [4.69, 9.17) is 4.74 Å². The molecule has 0 aliphatic rings. The Bertz CT molecular complexity index is 926. The molecule has 0 saturated heterocycles. The number of carbonyl (C=O) groups is 2. The molecular weight excluding hydrogens is 659 g/mol. The summed E-state index contributed by atoms with van der Waals surface area (Å²) in [5.41, 5.74) is 0. The monoisotopic (exact) mass is 744 g/mol. The van der Waals surface area contributed by atoms with Gasteiger partial charge in [0.1, 0.15) is 6.10 Å². The second-order valence-electron chi connectivity index (χ2n) is 15.1. The van der Waals surface area contributed by atoms with Crippen LogP contribution in [0.5, 0.6) is 0 Å². The fraction of sp³-hybridized carbons (Fsp3) is 0.787. The number of nitrogens with one attached hydrogen (secondary N) is 1. The lowest BCUT2D eigenvalue weighted by molar-refractivity contribution is -0.151. The van der Waals surface area contributed by atoms with Crippen LogP contribution in [0.25, 0.3) is 0 Å². The van der Waals surface area contributed by atoms with E-state index in [0.29, 0.717) is 19.3 Å². The van der Waals surface area contributed by atoms with Gasteiger partial charge in [0, 0.05) is 6.42 Å². The van der Waals surface area contributed by atoms with E-state index in [-0.39, 0.29) is 24.9 Å². The summed E-state index contributed by atoms with van der Waals surface area (Å²) in [4.78, 5) is 25.9. The Hall–Kier alpha value is -2.18. The second kappa shape index (κ2) is 41.0. The number of rotatable bonds is 39. The molecular formula is C47H85NO5. The first kappa shape index (κ1) is 50.8. The van der Waals surface area contributed by atoms with Gasteiger partial charge in [-0.15, -0.1) is 0 Å². The number of amides is 1. The van der Waals surface area contributed by atoms with Gasteiger partial charge in [-0.2, -0.15) is 0 Å². The minimum Gasteiger partial charge on any atom is -0.462 e. The van der Waals surface area contributed by atoms with Gasteiger partial charge in [-0.05, 0) is 64.2 Å². The lowest BCUT2D eigenvalue weighted by Gasteiger charge is -2.24. The molecule has 0 saturated carbocycles. The first-order valence-corrected chi connectivity index (χ1v) is 22.4. The van der Waals surface area contributed by atoms with Gasteiger partial charge in [0.05, 0.1) is 25.2 Å². The Kier molecular flexibility index (Phi) is 39.3. The van der Waals surface area contributed by atoms with Gasteiger partial charge in [-0.1, -0.05) is 185 Å². The van der Waals surface area contributed by atoms with E-state index in [1.807, 2.05) is 0 Å². The van der Waals surface area contributed by atoms with Crippen molar-refractivity contribution in [2.24, 2.45) is 0 Å². The van der Waals surface area contributed by atoms with E-state index < -0.39 is 18.2 Å². The van der Waals surface area contributed by atoms with Gasteiger partial charge in [-0.25, -0.2) is 0 Å². The Morgan fingerprint density at radius 1 is 0.566 bits per heavy atom. The molecule has 0 heterocycles. The molecule has 0 aliphatic heterocycles. The maximum Gasteiger partial charge on any atom is 0.306 e. The molecule has 6 heteroatoms. The number of hydrogen-bond acceptors (Lipinski definition) is 5. The van der Waals surface area contributed by atoms with Crippen molar-refractivity contribution in [3.63, 3.8) is 0 Å². The fourth-order valence-electron chi connectivity index (χ4n) is 6.55. The number of ether oxygens (including phenoxy) is 1. The van der Waals surface area contributed by atoms with Gasteiger partial charge in [-0.3, -0.25) is 9.59 Å². The summed E-state index contributed by atoms with van der Waals surface area (Å²) >= 11 is 0. The molecule has 3 atom stereocenters. The van der Waals surface area contributed by atoms with E-state index >= 15 is 0 Å². The average molecular weight is 744 g/mol. The van der Waals surface area contributed by atoms with E-state index in [9.17, 15) is 19.8 Å². The Morgan fingerprint density at radius 3 is 1.62 bits per heavy atom. The maximum atomic E-state index is 13.1. The van der Waals surface area contributed by atoms with Gasteiger partial charge >= 0.3 is 5.97 Å². The molecule has 3 N–H and O–H groups in total. The summed E-state index contributed by atoms with van der Waals surface area (Å²) in [6.45, 7) is 6.29. The number of hydrogen-bond donors (Lipinski definition) is 3. The summed E-state index contributed by atoms with van der Waals surface area (Å²) in [6, 6.07) is -0.711. The SMILES string of the molecule is CC/C=C/C=C/C=C\CCCCCCCC(=O)OC(CCC/C=C\CCCCCCCCC)CC(=O)NC(CO)C(O)CCCCCCCCCCC. The van der Waals surface area contributed by atoms with E-state index in [1.54, 1.807) is 0 Å². The normalized spacial score (nSPS) is 13.8. The van der Waals surface area contributed by atoms with Crippen LogP contribution in [0.15, 0.2) is 48.6 Å². The number of carbonyl (C=O) groups excluding carboxylic acids is 2. The molecule has 0 aromatic carbocycles. The maximum absolute atomic E-state index is 13.1. The zero-order chi connectivity index (χ0) is 38.9. The highest BCUT2D eigenvalue weighted by molar-refractivity contribution is 5.77. The standard InChI is InChI=1S/C47H85NO5/c1-4-7-10-13-16-19-21-23-25-28-31-34-37-40-47(52)53-43(38-35-32-29-27-24-22-20-17-14-11-8-5-2)41-46(51)48-44(42-49)45(50)39-36-33-30-26-18-15-12-9-6-3/h7,10,13,16,19,21,27,29,43-45,49-50H,4-6,8-9,11-12,14-15,17-18,20,22-26,28,30-42H2,1-3H3,(H,48,51)/b10-7+,16-13+,21-19-,29-27-. The lowest BCUT2D eigenvalue weighted by atomic mass is 10.0. The molecule has 0 aromatic rings. The summed E-state index contributed by atoms with van der Waals surface area (Å²) in [5, 5.41) is 23.5. The highest BCUT2D eigenvalue weighted by atomic mass is 16.5. The number of unbranched alkanes of at least 4 members (excludes halogenated alkanes) is 21. The molecule has 308 valence electrons. The van der Waals surface area contributed by atoms with Gasteiger partial charge in [0.15, 0.2) is 0 Å². The molecule has 53 heavy (non-hydrogen) atoms. The number of allylic oxidation sites excluding steroid dienone is 8. The summed E-state index contributed by atoms with van der Waals surface area (Å²) in [6.07, 6.45) is 47.5. The van der Waals surface area contributed by atoms with Gasteiger partial charge in [0.2, 0.25) is 5.91 Å². The molecule has 0 bridgehead atoms. The predicted octanol–water partition coefficient (Wildman–Crippen LogP) is 12.7. The Morgan fingerprint density at radius 2 is 1.06 bits per heavy atom. The van der Waals surface area contributed by atoms with Crippen molar-refractivity contribution in [3.8, 4) is 0 Å². The molecule has 1 amide bonds. The fourth-order valence-corrected chi connectivity index (χ4v) is 6.55. The van der Waals surface area contributed by atoms with Crippen molar-refractivity contribution in [3.05, 3.63) is 48.6 Å². The van der Waals surface area contributed by atoms with Crippen molar-refractivity contribution in [2.75, 3.05) is 6.61 Å². The quantitative estimate of drug-likeness (QED) is 0.0252. The minimum atomic E-state index is -0.795. The van der Waals surface area contributed by atoms with E-state index in [2.05, 4.69) is 74.7 Å². The molecule has 0 radical (unpaired) electrons. The molecule has 6 nitrogen and oxygen atoms in total. The van der Waals surface area contributed by atoms with Crippen molar-refractivity contribution in [2.45, 2.75) is 232 Å². The molecule has 0 rings (SSSR count). The third-order valence-corrected chi connectivity index (χ3v) is 9.95. The highest BCUT2D eigenvalue weighted by Crippen LogP contribution is 2.16. The highest BCUT2D eigenvalue weighted by Gasteiger charge is 2.24. The van der Waals surface area contributed by atoms with Gasteiger partial charge < -0.3 is 20.3 Å². The van der Waals surface area contributed by atoms with Crippen LogP contribution in [0.2, 0.25) is 0 Å². The zero-order valence-electron chi connectivity index (χ0n) is 34.9. The molecule has 0 aliphatic carbocycles.